The first-order valence-electron chi connectivity index (χ1n) is 13.5. The SMILES string of the molecule is Cc1ccc(NC(=O)NC2CC(c3ccccc3)CC(c3ccccc3)N(NC(=O)CC(C)(C)C)C2=O)cc1. The van der Waals surface area contributed by atoms with Gasteiger partial charge in [-0.25, -0.2) is 9.80 Å². The zero-order valence-electron chi connectivity index (χ0n) is 23.1. The van der Waals surface area contributed by atoms with Crippen LogP contribution in [0.5, 0.6) is 0 Å². The molecule has 1 heterocycles. The highest BCUT2D eigenvalue weighted by molar-refractivity contribution is 5.94. The van der Waals surface area contributed by atoms with Crippen molar-refractivity contribution in [2.24, 2.45) is 5.41 Å². The Kier molecular flexibility index (Phi) is 8.69. The van der Waals surface area contributed by atoms with Crippen LogP contribution in [0.25, 0.3) is 0 Å². The van der Waals surface area contributed by atoms with Crippen molar-refractivity contribution in [3.8, 4) is 0 Å². The van der Waals surface area contributed by atoms with Gasteiger partial charge in [0.1, 0.15) is 6.04 Å². The molecule has 7 nitrogen and oxygen atoms in total. The molecule has 0 radical (unpaired) electrons. The third kappa shape index (κ3) is 7.69. The van der Waals surface area contributed by atoms with Crippen molar-refractivity contribution in [1.29, 1.82) is 0 Å². The highest BCUT2D eigenvalue weighted by atomic mass is 16.2. The minimum Gasteiger partial charge on any atom is -0.326 e. The molecule has 0 saturated carbocycles. The highest BCUT2D eigenvalue weighted by Gasteiger charge is 2.40. The molecule has 39 heavy (non-hydrogen) atoms. The fourth-order valence-electron chi connectivity index (χ4n) is 5.01. The van der Waals surface area contributed by atoms with E-state index in [0.717, 1.165) is 16.7 Å². The fourth-order valence-corrected chi connectivity index (χ4v) is 5.01. The van der Waals surface area contributed by atoms with Crippen molar-refractivity contribution in [2.45, 2.75) is 65.0 Å². The lowest BCUT2D eigenvalue weighted by Gasteiger charge is -2.33. The summed E-state index contributed by atoms with van der Waals surface area (Å²) in [6.07, 6.45) is 1.25. The Morgan fingerprint density at radius 1 is 0.846 bits per heavy atom. The zero-order chi connectivity index (χ0) is 28.0. The second kappa shape index (κ2) is 12.2. The van der Waals surface area contributed by atoms with Crippen LogP contribution in [0.1, 0.15) is 68.7 Å². The standard InChI is InChI=1S/C32H38N4O3/c1-22-15-17-26(18-16-22)33-31(39)34-27-19-25(23-11-7-5-8-12-23)20-28(24-13-9-6-10-14-24)36(30(27)38)35-29(37)21-32(2,3)4/h5-18,25,27-28H,19-21H2,1-4H3,(H,35,37)(H2,33,34,39). The van der Waals surface area contributed by atoms with Crippen molar-refractivity contribution < 1.29 is 14.4 Å². The first-order chi connectivity index (χ1) is 18.6. The number of carbonyl (C=O) groups is 3. The number of anilines is 1. The Bertz CT molecular complexity index is 1270. The Morgan fingerprint density at radius 3 is 2.03 bits per heavy atom. The molecule has 0 aromatic heterocycles. The van der Waals surface area contributed by atoms with E-state index < -0.39 is 18.1 Å². The van der Waals surface area contributed by atoms with Gasteiger partial charge in [0.2, 0.25) is 5.91 Å². The van der Waals surface area contributed by atoms with Crippen LogP contribution < -0.4 is 16.1 Å². The van der Waals surface area contributed by atoms with Crippen molar-refractivity contribution in [3.05, 3.63) is 102 Å². The quantitative estimate of drug-likeness (QED) is 0.363. The summed E-state index contributed by atoms with van der Waals surface area (Å²) in [7, 11) is 0. The van der Waals surface area contributed by atoms with Gasteiger partial charge in [0.25, 0.3) is 5.91 Å². The molecule has 0 bridgehead atoms. The predicted octanol–water partition coefficient (Wildman–Crippen LogP) is 6.10. The molecule has 3 N–H and O–H groups in total. The number of benzene rings is 3. The van der Waals surface area contributed by atoms with Crippen molar-refractivity contribution in [3.63, 3.8) is 0 Å². The Balaban J connectivity index is 1.67. The number of nitrogens with zero attached hydrogens (tertiary/aromatic N) is 1. The Morgan fingerprint density at radius 2 is 1.44 bits per heavy atom. The average molecular weight is 527 g/mol. The number of hydrogen-bond acceptors (Lipinski definition) is 3. The van der Waals surface area contributed by atoms with Crippen molar-refractivity contribution >= 4 is 23.5 Å². The maximum absolute atomic E-state index is 14.1. The monoisotopic (exact) mass is 526 g/mol. The smallest absolute Gasteiger partial charge is 0.319 e. The first-order valence-corrected chi connectivity index (χ1v) is 13.5. The Labute approximate surface area is 231 Å². The number of aryl methyl sites for hydroxylation is 1. The van der Waals surface area contributed by atoms with E-state index in [0.29, 0.717) is 18.5 Å². The summed E-state index contributed by atoms with van der Waals surface area (Å²) < 4.78 is 0. The number of urea groups is 1. The summed E-state index contributed by atoms with van der Waals surface area (Å²) in [6.45, 7) is 7.92. The maximum Gasteiger partial charge on any atom is 0.319 e. The van der Waals surface area contributed by atoms with E-state index in [4.69, 9.17) is 0 Å². The molecule has 0 spiro atoms. The van der Waals surface area contributed by atoms with E-state index in [-0.39, 0.29) is 29.6 Å². The van der Waals surface area contributed by atoms with Gasteiger partial charge >= 0.3 is 6.03 Å². The summed E-state index contributed by atoms with van der Waals surface area (Å²) in [4.78, 5) is 40.3. The lowest BCUT2D eigenvalue weighted by atomic mass is 9.86. The van der Waals surface area contributed by atoms with Crippen molar-refractivity contribution in [1.82, 2.24) is 15.8 Å². The van der Waals surface area contributed by atoms with Crippen LogP contribution in [0.15, 0.2) is 84.9 Å². The second-order valence-electron chi connectivity index (χ2n) is 11.5. The summed E-state index contributed by atoms with van der Waals surface area (Å²) in [6, 6.07) is 25.5. The number of amides is 4. The first kappa shape index (κ1) is 27.9. The third-order valence-electron chi connectivity index (χ3n) is 6.88. The fraction of sp³-hybridized carbons (Fsp3) is 0.344. The minimum atomic E-state index is -0.843. The van der Waals surface area contributed by atoms with Gasteiger partial charge in [-0.1, -0.05) is 99.1 Å². The highest BCUT2D eigenvalue weighted by Crippen LogP contribution is 2.38. The van der Waals surface area contributed by atoms with E-state index in [2.05, 4.69) is 28.2 Å². The number of hydrogen-bond donors (Lipinski definition) is 3. The molecule has 7 heteroatoms. The van der Waals surface area contributed by atoms with Gasteiger partial charge in [0, 0.05) is 12.1 Å². The largest absolute Gasteiger partial charge is 0.326 e. The predicted molar refractivity (Wildman–Crippen MR) is 154 cm³/mol. The van der Waals surface area contributed by atoms with Crippen LogP contribution in [-0.4, -0.2) is 28.9 Å². The number of carbonyl (C=O) groups excluding carboxylic acids is 3. The van der Waals surface area contributed by atoms with E-state index in [1.165, 1.54) is 5.01 Å². The van der Waals surface area contributed by atoms with Gasteiger partial charge in [-0.3, -0.25) is 15.0 Å². The van der Waals surface area contributed by atoms with Crippen LogP contribution in [0.3, 0.4) is 0 Å². The third-order valence-corrected chi connectivity index (χ3v) is 6.88. The van der Waals surface area contributed by atoms with E-state index in [1.54, 1.807) is 0 Å². The number of nitrogens with one attached hydrogen (secondary N) is 3. The molecule has 0 aliphatic carbocycles. The van der Waals surface area contributed by atoms with Gasteiger partial charge in [-0.2, -0.15) is 0 Å². The normalized spacial score (nSPS) is 19.6. The van der Waals surface area contributed by atoms with Crippen LogP contribution in [0, 0.1) is 12.3 Å². The van der Waals surface area contributed by atoms with E-state index in [1.807, 2.05) is 100 Å². The maximum atomic E-state index is 14.1. The van der Waals surface area contributed by atoms with Gasteiger partial charge < -0.3 is 10.6 Å². The second-order valence-corrected chi connectivity index (χ2v) is 11.5. The van der Waals surface area contributed by atoms with Crippen LogP contribution in [0.4, 0.5) is 10.5 Å². The van der Waals surface area contributed by atoms with E-state index in [9.17, 15) is 14.4 Å². The Hall–Kier alpha value is -4.13. The molecule has 3 aromatic carbocycles. The van der Waals surface area contributed by atoms with Gasteiger partial charge in [-0.15, -0.1) is 0 Å². The lowest BCUT2D eigenvalue weighted by Crippen LogP contribution is -2.55. The molecular weight excluding hydrogens is 488 g/mol. The van der Waals surface area contributed by atoms with Crippen LogP contribution in [0.2, 0.25) is 0 Å². The molecule has 1 aliphatic rings. The summed E-state index contributed by atoms with van der Waals surface area (Å²) in [5.41, 5.74) is 6.39. The lowest BCUT2D eigenvalue weighted by molar-refractivity contribution is -0.146. The van der Waals surface area contributed by atoms with Gasteiger partial charge in [0.05, 0.1) is 6.04 Å². The summed E-state index contributed by atoms with van der Waals surface area (Å²) >= 11 is 0. The van der Waals surface area contributed by atoms with Gasteiger partial charge in [-0.05, 0) is 54.4 Å². The summed E-state index contributed by atoms with van der Waals surface area (Å²) in [5.74, 6) is -0.615. The average Bonchev–Trinajstić information content (AvgIpc) is 3.02. The summed E-state index contributed by atoms with van der Waals surface area (Å²) in [5, 5.41) is 7.18. The van der Waals surface area contributed by atoms with Crippen molar-refractivity contribution in [2.75, 3.05) is 5.32 Å². The molecule has 204 valence electrons. The molecule has 1 aliphatic heterocycles. The van der Waals surface area contributed by atoms with E-state index >= 15 is 0 Å². The van der Waals surface area contributed by atoms with Gasteiger partial charge in [0.15, 0.2) is 0 Å². The molecule has 4 amide bonds. The molecule has 4 rings (SSSR count). The molecule has 3 unspecified atom stereocenters. The zero-order valence-corrected chi connectivity index (χ0v) is 23.1. The molecule has 3 atom stereocenters. The minimum absolute atomic E-state index is 0.0328. The van der Waals surface area contributed by atoms with Crippen LogP contribution >= 0.6 is 0 Å². The molecule has 1 fully saturated rings. The molecule has 1 saturated heterocycles. The molecular formula is C32H38N4O3. The number of rotatable bonds is 6. The van der Waals surface area contributed by atoms with Crippen LogP contribution in [-0.2, 0) is 9.59 Å². The number of hydrazine groups is 1. The topological polar surface area (TPSA) is 90.5 Å². The molecule has 3 aromatic rings.